The van der Waals surface area contributed by atoms with Crippen LogP contribution in [0.15, 0.2) is 0 Å². The van der Waals surface area contributed by atoms with Gasteiger partial charge in [-0.05, 0) is 38.8 Å². The predicted molar refractivity (Wildman–Crippen MR) is 65.3 cm³/mol. The molecule has 1 fully saturated rings. The highest BCUT2D eigenvalue weighted by atomic mass is 15.2. The van der Waals surface area contributed by atoms with Crippen molar-refractivity contribution in [2.75, 3.05) is 13.1 Å². The molecule has 3 heteroatoms. The summed E-state index contributed by atoms with van der Waals surface area (Å²) in [5.41, 5.74) is 5.37. The average molecular weight is 211 g/mol. The van der Waals surface area contributed by atoms with E-state index in [9.17, 15) is 0 Å². The third kappa shape index (κ3) is 4.65. The maximum Gasteiger partial charge on any atom is 0.0905 e. The van der Waals surface area contributed by atoms with Gasteiger partial charge in [-0.3, -0.25) is 5.41 Å². The van der Waals surface area contributed by atoms with E-state index in [1.165, 1.54) is 38.6 Å². The fourth-order valence-electron chi connectivity index (χ4n) is 2.49. The number of nitrogens with zero attached hydrogens (tertiary/aromatic N) is 1. The van der Waals surface area contributed by atoms with Gasteiger partial charge in [0.15, 0.2) is 0 Å². The minimum atomic E-state index is 0.332. The van der Waals surface area contributed by atoms with Gasteiger partial charge in [-0.2, -0.15) is 0 Å². The zero-order chi connectivity index (χ0) is 11.1. The van der Waals surface area contributed by atoms with E-state index in [2.05, 4.69) is 11.8 Å². The molecule has 15 heavy (non-hydrogen) atoms. The van der Waals surface area contributed by atoms with Crippen LogP contribution in [0.3, 0.4) is 0 Å². The minimum absolute atomic E-state index is 0.332. The summed E-state index contributed by atoms with van der Waals surface area (Å²) in [5, 5.41) is 7.20. The molecular weight excluding hydrogens is 186 g/mol. The first kappa shape index (κ1) is 12.5. The Morgan fingerprint density at radius 3 is 2.93 bits per heavy atom. The molecule has 1 unspecified atom stereocenters. The predicted octanol–water partition coefficient (Wildman–Crippen LogP) is 2.36. The Morgan fingerprint density at radius 1 is 1.47 bits per heavy atom. The Hall–Kier alpha value is -0.570. The van der Waals surface area contributed by atoms with Crippen LogP contribution in [0.5, 0.6) is 0 Å². The zero-order valence-electron chi connectivity index (χ0n) is 9.97. The van der Waals surface area contributed by atoms with E-state index in [1.54, 1.807) is 0 Å². The number of nitrogens with two attached hydrogens (primary N) is 1. The highest BCUT2D eigenvalue weighted by molar-refractivity contribution is 5.76. The summed E-state index contributed by atoms with van der Waals surface area (Å²) in [6.07, 6.45) is 8.54. The summed E-state index contributed by atoms with van der Waals surface area (Å²) in [6, 6.07) is 0.802. The summed E-state index contributed by atoms with van der Waals surface area (Å²) in [7, 11) is 0. The molecular formula is C12H25N3. The molecule has 3 N–H and O–H groups in total. The number of rotatable bonds is 6. The van der Waals surface area contributed by atoms with Gasteiger partial charge in [0, 0.05) is 12.5 Å². The van der Waals surface area contributed by atoms with E-state index < -0.39 is 0 Å². The fraction of sp³-hybridized carbons (Fsp3) is 0.917. The molecule has 1 saturated heterocycles. The highest BCUT2D eigenvalue weighted by Gasteiger charge is 2.20. The number of nitrogens with one attached hydrogen (secondary N) is 1. The summed E-state index contributed by atoms with van der Waals surface area (Å²) >= 11 is 0. The largest absolute Gasteiger partial charge is 0.388 e. The van der Waals surface area contributed by atoms with Crippen LogP contribution in [-0.4, -0.2) is 29.9 Å². The number of hydrogen-bond donors (Lipinski definition) is 2. The first-order valence-electron chi connectivity index (χ1n) is 6.31. The number of hydrogen-bond acceptors (Lipinski definition) is 2. The van der Waals surface area contributed by atoms with Crippen molar-refractivity contribution in [3.05, 3.63) is 0 Å². The molecule has 0 aromatic carbocycles. The lowest BCUT2D eigenvalue weighted by Crippen LogP contribution is -2.40. The van der Waals surface area contributed by atoms with Crippen LogP contribution < -0.4 is 5.73 Å². The molecule has 1 atom stereocenters. The lowest BCUT2D eigenvalue weighted by molar-refractivity contribution is 0.138. The highest BCUT2D eigenvalue weighted by Crippen LogP contribution is 2.20. The molecule has 1 aliphatic rings. The lowest BCUT2D eigenvalue weighted by Gasteiger charge is -2.35. The molecule has 0 bridgehead atoms. The summed E-state index contributed by atoms with van der Waals surface area (Å²) in [6.45, 7) is 4.65. The van der Waals surface area contributed by atoms with Crippen molar-refractivity contribution in [1.29, 1.82) is 5.41 Å². The maximum atomic E-state index is 7.20. The lowest BCUT2D eigenvalue weighted by atomic mass is 9.98. The van der Waals surface area contributed by atoms with Crippen LogP contribution in [0, 0.1) is 5.41 Å². The van der Waals surface area contributed by atoms with Gasteiger partial charge in [0.1, 0.15) is 0 Å². The maximum absolute atomic E-state index is 7.20. The van der Waals surface area contributed by atoms with Crippen molar-refractivity contribution in [1.82, 2.24) is 4.90 Å². The summed E-state index contributed by atoms with van der Waals surface area (Å²) < 4.78 is 0. The van der Waals surface area contributed by atoms with E-state index >= 15 is 0 Å². The Kier molecular flexibility index (Phi) is 5.69. The Morgan fingerprint density at radius 2 is 2.27 bits per heavy atom. The molecule has 0 spiro atoms. The Bertz CT molecular complexity index is 189. The zero-order valence-corrected chi connectivity index (χ0v) is 9.97. The molecule has 0 saturated carbocycles. The molecule has 0 amide bonds. The third-order valence-corrected chi connectivity index (χ3v) is 3.26. The van der Waals surface area contributed by atoms with Crippen molar-refractivity contribution >= 4 is 5.84 Å². The van der Waals surface area contributed by atoms with Crippen LogP contribution in [0.4, 0.5) is 0 Å². The average Bonchev–Trinajstić information content (AvgIpc) is 2.20. The molecule has 0 aromatic heterocycles. The van der Waals surface area contributed by atoms with Crippen molar-refractivity contribution < 1.29 is 0 Å². The molecule has 0 aliphatic carbocycles. The smallest absolute Gasteiger partial charge is 0.0905 e. The standard InChI is InChI=1S/C12H25N3/c1-2-6-11-7-3-4-9-15(11)10-5-8-12(13)14/h11H,2-10H2,1H3,(H3,13,14). The molecule has 0 aromatic rings. The van der Waals surface area contributed by atoms with Gasteiger partial charge >= 0.3 is 0 Å². The third-order valence-electron chi connectivity index (χ3n) is 3.26. The van der Waals surface area contributed by atoms with Gasteiger partial charge in [-0.25, -0.2) is 0 Å². The minimum Gasteiger partial charge on any atom is -0.388 e. The number of amidine groups is 1. The van der Waals surface area contributed by atoms with Gasteiger partial charge in [0.25, 0.3) is 0 Å². The van der Waals surface area contributed by atoms with Gasteiger partial charge in [0.05, 0.1) is 5.84 Å². The fourth-order valence-corrected chi connectivity index (χ4v) is 2.49. The second-order valence-electron chi connectivity index (χ2n) is 4.60. The van der Waals surface area contributed by atoms with E-state index in [0.717, 1.165) is 25.4 Å². The SMILES string of the molecule is CCCC1CCCCN1CCCC(=N)N. The molecule has 1 aliphatic heterocycles. The molecule has 88 valence electrons. The van der Waals surface area contributed by atoms with Gasteiger partial charge in [-0.1, -0.05) is 19.8 Å². The normalized spacial score (nSPS) is 22.9. The summed E-state index contributed by atoms with van der Waals surface area (Å²) in [5.74, 6) is 0.332. The van der Waals surface area contributed by atoms with Crippen molar-refractivity contribution in [2.24, 2.45) is 5.73 Å². The van der Waals surface area contributed by atoms with Crippen LogP contribution in [0.1, 0.15) is 51.9 Å². The monoisotopic (exact) mass is 211 g/mol. The van der Waals surface area contributed by atoms with Crippen LogP contribution in [0.25, 0.3) is 0 Å². The van der Waals surface area contributed by atoms with Crippen molar-refractivity contribution in [3.63, 3.8) is 0 Å². The number of piperidine rings is 1. The first-order chi connectivity index (χ1) is 7.24. The van der Waals surface area contributed by atoms with E-state index in [1.807, 2.05) is 0 Å². The topological polar surface area (TPSA) is 53.1 Å². The second kappa shape index (κ2) is 6.83. The Labute approximate surface area is 93.5 Å². The van der Waals surface area contributed by atoms with E-state index in [0.29, 0.717) is 5.84 Å². The van der Waals surface area contributed by atoms with E-state index in [4.69, 9.17) is 11.1 Å². The molecule has 3 nitrogen and oxygen atoms in total. The van der Waals surface area contributed by atoms with Crippen molar-refractivity contribution in [2.45, 2.75) is 57.9 Å². The second-order valence-corrected chi connectivity index (χ2v) is 4.60. The molecule has 1 heterocycles. The Balaban J connectivity index is 2.25. The molecule has 0 radical (unpaired) electrons. The quantitative estimate of drug-likeness (QED) is 0.523. The van der Waals surface area contributed by atoms with E-state index in [-0.39, 0.29) is 0 Å². The van der Waals surface area contributed by atoms with Crippen LogP contribution >= 0.6 is 0 Å². The van der Waals surface area contributed by atoms with Crippen molar-refractivity contribution in [3.8, 4) is 0 Å². The van der Waals surface area contributed by atoms with Gasteiger partial charge in [-0.15, -0.1) is 0 Å². The van der Waals surface area contributed by atoms with Crippen LogP contribution in [-0.2, 0) is 0 Å². The van der Waals surface area contributed by atoms with Gasteiger partial charge in [0.2, 0.25) is 0 Å². The summed E-state index contributed by atoms with van der Waals surface area (Å²) in [4.78, 5) is 2.61. The molecule has 1 rings (SSSR count). The van der Waals surface area contributed by atoms with Gasteiger partial charge < -0.3 is 10.6 Å². The number of likely N-dealkylation sites (tertiary alicyclic amines) is 1. The van der Waals surface area contributed by atoms with Crippen LogP contribution in [0.2, 0.25) is 0 Å². The first-order valence-corrected chi connectivity index (χ1v) is 6.31.